The number of aromatic amines is 1. The number of aromatic nitrogens is 2. The first-order valence-corrected chi connectivity index (χ1v) is 6.72. The molecule has 2 N–H and O–H groups in total. The molecule has 2 atom stereocenters. The summed E-state index contributed by atoms with van der Waals surface area (Å²) in [5, 5.41) is 10.6. The number of rotatable bonds is 4. The number of nitrogens with one attached hydrogen (secondary N) is 2. The smallest absolute Gasteiger partial charge is 0.0518 e. The average molecular weight is 249 g/mol. The summed E-state index contributed by atoms with van der Waals surface area (Å²) < 4.78 is 0. The molecule has 2 aromatic rings. The fraction of sp³-hybridized carbons (Fsp3) is 0.462. The molecule has 4 heteroatoms. The summed E-state index contributed by atoms with van der Waals surface area (Å²) in [6, 6.07) is 4.93. The molecule has 0 saturated carbocycles. The monoisotopic (exact) mass is 249 g/mol. The minimum atomic E-state index is 0.284. The summed E-state index contributed by atoms with van der Waals surface area (Å²) in [5.74, 6) is 0. The van der Waals surface area contributed by atoms with Crippen molar-refractivity contribution >= 4 is 11.3 Å². The second-order valence-electron chi connectivity index (χ2n) is 4.49. The molecular formula is C13H19N3S. The van der Waals surface area contributed by atoms with Gasteiger partial charge in [-0.1, -0.05) is 0 Å². The Hall–Kier alpha value is -1.13. The number of nitrogens with zero attached hydrogens (tertiary/aromatic N) is 1. The third-order valence-corrected chi connectivity index (χ3v) is 4.02. The standard InChI is InChI=1S/C13H19N3S/c1-8-7-12(11(4)17-8)9(2)15-10(3)13-5-6-14-16-13/h5-7,9-10,15H,1-4H3,(H,14,16). The van der Waals surface area contributed by atoms with Crippen LogP contribution in [0.5, 0.6) is 0 Å². The molecule has 0 aromatic carbocycles. The van der Waals surface area contributed by atoms with Crippen molar-refractivity contribution in [3.63, 3.8) is 0 Å². The SMILES string of the molecule is Cc1cc(C(C)NC(C)c2ccn[nH]2)c(C)s1. The van der Waals surface area contributed by atoms with E-state index in [1.54, 1.807) is 6.20 Å². The molecule has 0 amide bonds. The van der Waals surface area contributed by atoms with Gasteiger partial charge in [0.25, 0.3) is 0 Å². The molecule has 0 bridgehead atoms. The second-order valence-corrected chi connectivity index (χ2v) is 5.95. The molecule has 2 heterocycles. The summed E-state index contributed by atoms with van der Waals surface area (Å²) in [6.45, 7) is 8.71. The Morgan fingerprint density at radius 3 is 2.59 bits per heavy atom. The van der Waals surface area contributed by atoms with Crippen molar-refractivity contribution in [2.75, 3.05) is 0 Å². The van der Waals surface area contributed by atoms with Crippen LogP contribution in [0.15, 0.2) is 18.3 Å². The van der Waals surface area contributed by atoms with E-state index >= 15 is 0 Å². The highest BCUT2D eigenvalue weighted by Crippen LogP contribution is 2.27. The molecule has 0 fully saturated rings. The van der Waals surface area contributed by atoms with Crippen molar-refractivity contribution < 1.29 is 0 Å². The molecule has 17 heavy (non-hydrogen) atoms. The van der Waals surface area contributed by atoms with Crippen LogP contribution in [0.2, 0.25) is 0 Å². The molecule has 0 saturated heterocycles. The lowest BCUT2D eigenvalue weighted by Crippen LogP contribution is -2.22. The van der Waals surface area contributed by atoms with Crippen molar-refractivity contribution in [2.45, 2.75) is 39.8 Å². The zero-order valence-corrected chi connectivity index (χ0v) is 11.6. The summed E-state index contributed by atoms with van der Waals surface area (Å²) in [5.41, 5.74) is 2.53. The fourth-order valence-corrected chi connectivity index (χ4v) is 3.17. The normalized spacial score (nSPS) is 14.8. The first-order chi connectivity index (χ1) is 8.08. The first-order valence-electron chi connectivity index (χ1n) is 5.90. The number of thiophene rings is 1. The van der Waals surface area contributed by atoms with Gasteiger partial charge in [-0.3, -0.25) is 5.10 Å². The van der Waals surface area contributed by atoms with E-state index in [1.807, 2.05) is 17.4 Å². The average Bonchev–Trinajstić information content (AvgIpc) is 2.87. The van der Waals surface area contributed by atoms with Crippen molar-refractivity contribution in [1.82, 2.24) is 15.5 Å². The lowest BCUT2D eigenvalue weighted by molar-refractivity contribution is 0.485. The second kappa shape index (κ2) is 5.02. The van der Waals surface area contributed by atoms with Gasteiger partial charge in [0.15, 0.2) is 0 Å². The van der Waals surface area contributed by atoms with E-state index in [0.717, 1.165) is 5.69 Å². The van der Waals surface area contributed by atoms with E-state index in [4.69, 9.17) is 0 Å². The number of aryl methyl sites for hydroxylation is 2. The third-order valence-electron chi connectivity index (χ3n) is 3.03. The first kappa shape index (κ1) is 12.3. The Bertz CT molecular complexity index is 473. The summed E-state index contributed by atoms with van der Waals surface area (Å²) in [6.07, 6.45) is 1.79. The Balaban J connectivity index is 2.06. The Morgan fingerprint density at radius 2 is 2.06 bits per heavy atom. The van der Waals surface area contributed by atoms with E-state index in [0.29, 0.717) is 6.04 Å². The highest BCUT2D eigenvalue weighted by molar-refractivity contribution is 7.12. The minimum absolute atomic E-state index is 0.284. The molecular weight excluding hydrogens is 230 g/mol. The van der Waals surface area contributed by atoms with Crippen LogP contribution in [0.1, 0.15) is 46.9 Å². The van der Waals surface area contributed by atoms with Crippen LogP contribution >= 0.6 is 11.3 Å². The van der Waals surface area contributed by atoms with Gasteiger partial charge < -0.3 is 5.32 Å². The Morgan fingerprint density at radius 1 is 1.29 bits per heavy atom. The van der Waals surface area contributed by atoms with Gasteiger partial charge in [-0.2, -0.15) is 5.10 Å². The molecule has 0 spiro atoms. The number of hydrogen-bond donors (Lipinski definition) is 2. The van der Waals surface area contributed by atoms with Gasteiger partial charge >= 0.3 is 0 Å². The quantitative estimate of drug-likeness (QED) is 0.870. The summed E-state index contributed by atoms with van der Waals surface area (Å²) >= 11 is 1.86. The molecule has 2 rings (SSSR count). The van der Waals surface area contributed by atoms with E-state index in [2.05, 4.69) is 49.3 Å². The Labute approximate surface area is 106 Å². The maximum atomic E-state index is 3.98. The zero-order valence-electron chi connectivity index (χ0n) is 10.7. The van der Waals surface area contributed by atoms with Crippen LogP contribution < -0.4 is 5.32 Å². The van der Waals surface area contributed by atoms with Gasteiger partial charge in [0, 0.05) is 28.0 Å². The van der Waals surface area contributed by atoms with Crippen LogP contribution in [0.3, 0.4) is 0 Å². The van der Waals surface area contributed by atoms with E-state index in [-0.39, 0.29) is 6.04 Å². The zero-order chi connectivity index (χ0) is 12.4. The van der Waals surface area contributed by atoms with Gasteiger partial charge in [-0.05, 0) is 45.4 Å². The molecule has 2 unspecified atom stereocenters. The van der Waals surface area contributed by atoms with Gasteiger partial charge in [-0.25, -0.2) is 0 Å². The maximum Gasteiger partial charge on any atom is 0.0518 e. The van der Waals surface area contributed by atoms with Crippen LogP contribution in [-0.4, -0.2) is 10.2 Å². The molecule has 0 aliphatic rings. The van der Waals surface area contributed by atoms with Crippen LogP contribution in [-0.2, 0) is 0 Å². The molecule has 2 aromatic heterocycles. The predicted molar refractivity (Wildman–Crippen MR) is 72.3 cm³/mol. The predicted octanol–water partition coefficient (Wildman–Crippen LogP) is 3.50. The maximum absolute atomic E-state index is 3.98. The van der Waals surface area contributed by atoms with Gasteiger partial charge in [-0.15, -0.1) is 11.3 Å². The molecule has 92 valence electrons. The van der Waals surface area contributed by atoms with E-state index in [1.165, 1.54) is 15.3 Å². The van der Waals surface area contributed by atoms with E-state index < -0.39 is 0 Å². The molecule has 3 nitrogen and oxygen atoms in total. The minimum Gasteiger partial charge on any atom is -0.302 e. The number of H-pyrrole nitrogens is 1. The molecule has 0 radical (unpaired) electrons. The lowest BCUT2D eigenvalue weighted by atomic mass is 10.1. The highest BCUT2D eigenvalue weighted by atomic mass is 32.1. The van der Waals surface area contributed by atoms with Crippen LogP contribution in [0.25, 0.3) is 0 Å². The van der Waals surface area contributed by atoms with Crippen molar-refractivity contribution in [3.05, 3.63) is 39.3 Å². The van der Waals surface area contributed by atoms with Crippen molar-refractivity contribution in [2.24, 2.45) is 0 Å². The van der Waals surface area contributed by atoms with Crippen LogP contribution in [0, 0.1) is 13.8 Å². The molecule has 0 aliphatic heterocycles. The van der Waals surface area contributed by atoms with Crippen molar-refractivity contribution in [3.8, 4) is 0 Å². The lowest BCUT2D eigenvalue weighted by Gasteiger charge is -2.19. The topological polar surface area (TPSA) is 40.7 Å². The van der Waals surface area contributed by atoms with E-state index in [9.17, 15) is 0 Å². The highest BCUT2D eigenvalue weighted by Gasteiger charge is 2.15. The largest absolute Gasteiger partial charge is 0.302 e. The fourth-order valence-electron chi connectivity index (χ4n) is 2.14. The van der Waals surface area contributed by atoms with Gasteiger partial charge in [0.2, 0.25) is 0 Å². The summed E-state index contributed by atoms with van der Waals surface area (Å²) in [7, 11) is 0. The number of hydrogen-bond acceptors (Lipinski definition) is 3. The third kappa shape index (κ3) is 2.76. The molecule has 0 aliphatic carbocycles. The van der Waals surface area contributed by atoms with Gasteiger partial charge in [0.1, 0.15) is 0 Å². The van der Waals surface area contributed by atoms with Crippen molar-refractivity contribution in [1.29, 1.82) is 0 Å². The Kier molecular flexibility index (Phi) is 3.64. The summed E-state index contributed by atoms with van der Waals surface area (Å²) in [4.78, 5) is 2.78. The van der Waals surface area contributed by atoms with Gasteiger partial charge in [0.05, 0.1) is 5.69 Å². The van der Waals surface area contributed by atoms with Crippen LogP contribution in [0.4, 0.5) is 0 Å².